The van der Waals surface area contributed by atoms with Gasteiger partial charge in [0.1, 0.15) is 17.3 Å². The van der Waals surface area contributed by atoms with E-state index in [-0.39, 0.29) is 23.2 Å². The normalized spacial score (nSPS) is 19.1. The van der Waals surface area contributed by atoms with E-state index < -0.39 is 11.6 Å². The standard InChI is InChI=1S/C13H16F2N2O/c1-8-4-3-5-17(8)13(18)9-6-10(14)12(16-2)11(15)7-9/h6-8,16H,3-5H2,1-2H3. The molecule has 1 aromatic carbocycles. The second-order valence-corrected chi connectivity index (χ2v) is 4.55. The van der Waals surface area contributed by atoms with Crippen LogP contribution in [0, 0.1) is 11.6 Å². The van der Waals surface area contributed by atoms with Crippen LogP contribution in [0.15, 0.2) is 12.1 Å². The fraction of sp³-hybridized carbons (Fsp3) is 0.462. The maximum absolute atomic E-state index is 13.6. The molecule has 1 atom stereocenters. The van der Waals surface area contributed by atoms with Crippen LogP contribution < -0.4 is 5.32 Å². The number of amides is 1. The Morgan fingerprint density at radius 2 is 2.00 bits per heavy atom. The number of hydrogen-bond donors (Lipinski definition) is 1. The second kappa shape index (κ2) is 4.92. The number of carbonyl (C=O) groups excluding carboxylic acids is 1. The molecule has 1 unspecified atom stereocenters. The number of nitrogens with one attached hydrogen (secondary N) is 1. The summed E-state index contributed by atoms with van der Waals surface area (Å²) in [7, 11) is 1.44. The van der Waals surface area contributed by atoms with Gasteiger partial charge in [0.2, 0.25) is 0 Å². The minimum Gasteiger partial charge on any atom is -0.383 e. The summed E-state index contributed by atoms with van der Waals surface area (Å²) in [4.78, 5) is 13.8. The Morgan fingerprint density at radius 1 is 1.39 bits per heavy atom. The van der Waals surface area contributed by atoms with E-state index in [1.807, 2.05) is 6.92 Å². The van der Waals surface area contributed by atoms with Crippen molar-refractivity contribution in [1.29, 1.82) is 0 Å². The molecule has 0 spiro atoms. The molecule has 1 saturated heterocycles. The smallest absolute Gasteiger partial charge is 0.254 e. The van der Waals surface area contributed by atoms with Gasteiger partial charge in [0.15, 0.2) is 0 Å². The van der Waals surface area contributed by atoms with Crippen LogP contribution in [-0.2, 0) is 0 Å². The molecular formula is C13H16F2N2O. The first-order valence-corrected chi connectivity index (χ1v) is 6.02. The molecule has 3 nitrogen and oxygen atoms in total. The van der Waals surface area contributed by atoms with E-state index in [9.17, 15) is 13.6 Å². The topological polar surface area (TPSA) is 32.3 Å². The molecule has 1 aromatic rings. The number of nitrogens with zero attached hydrogens (tertiary/aromatic N) is 1. The molecule has 0 bridgehead atoms. The molecule has 0 radical (unpaired) electrons. The predicted octanol–water partition coefficient (Wildman–Crippen LogP) is 2.63. The van der Waals surface area contributed by atoms with Crippen molar-refractivity contribution in [3.8, 4) is 0 Å². The average Bonchev–Trinajstić information content (AvgIpc) is 2.74. The van der Waals surface area contributed by atoms with Gasteiger partial charge in [0, 0.05) is 25.2 Å². The van der Waals surface area contributed by atoms with Gasteiger partial charge in [-0.1, -0.05) is 0 Å². The van der Waals surface area contributed by atoms with Crippen molar-refractivity contribution in [2.45, 2.75) is 25.8 Å². The van der Waals surface area contributed by atoms with Crippen LogP contribution in [0.2, 0.25) is 0 Å². The summed E-state index contributed by atoms with van der Waals surface area (Å²) in [5.74, 6) is -1.79. The first-order valence-electron chi connectivity index (χ1n) is 6.02. The minimum atomic E-state index is -0.743. The van der Waals surface area contributed by atoms with Crippen LogP contribution >= 0.6 is 0 Å². The van der Waals surface area contributed by atoms with Crippen molar-refractivity contribution in [3.63, 3.8) is 0 Å². The summed E-state index contributed by atoms with van der Waals surface area (Å²) < 4.78 is 27.2. The number of benzene rings is 1. The quantitative estimate of drug-likeness (QED) is 0.880. The molecular weight excluding hydrogens is 238 g/mol. The monoisotopic (exact) mass is 254 g/mol. The minimum absolute atomic E-state index is 0.0674. The third kappa shape index (κ3) is 2.17. The van der Waals surface area contributed by atoms with E-state index in [0.29, 0.717) is 6.54 Å². The zero-order valence-corrected chi connectivity index (χ0v) is 10.5. The van der Waals surface area contributed by atoms with E-state index in [1.54, 1.807) is 4.90 Å². The Bertz CT molecular complexity index is 453. The summed E-state index contributed by atoms with van der Waals surface area (Å²) in [6, 6.07) is 2.30. The number of anilines is 1. The van der Waals surface area contributed by atoms with Gasteiger partial charge < -0.3 is 10.2 Å². The lowest BCUT2D eigenvalue weighted by Gasteiger charge is -2.21. The first-order chi connectivity index (χ1) is 8.54. The van der Waals surface area contributed by atoms with Crippen LogP contribution in [-0.4, -0.2) is 30.4 Å². The van der Waals surface area contributed by atoms with Gasteiger partial charge in [-0.05, 0) is 31.9 Å². The van der Waals surface area contributed by atoms with Gasteiger partial charge in [0.05, 0.1) is 0 Å². The highest BCUT2D eigenvalue weighted by molar-refractivity contribution is 5.95. The first kappa shape index (κ1) is 12.8. The number of likely N-dealkylation sites (tertiary alicyclic amines) is 1. The number of rotatable bonds is 2. The highest BCUT2D eigenvalue weighted by Gasteiger charge is 2.27. The molecule has 5 heteroatoms. The summed E-state index contributed by atoms with van der Waals surface area (Å²) in [5.41, 5.74) is -0.140. The van der Waals surface area contributed by atoms with Crippen LogP contribution in [0.1, 0.15) is 30.1 Å². The molecule has 0 aliphatic carbocycles. The van der Waals surface area contributed by atoms with E-state index in [0.717, 1.165) is 25.0 Å². The van der Waals surface area contributed by atoms with Crippen molar-refractivity contribution in [1.82, 2.24) is 4.90 Å². The van der Waals surface area contributed by atoms with Gasteiger partial charge >= 0.3 is 0 Å². The van der Waals surface area contributed by atoms with Crippen LogP contribution in [0.4, 0.5) is 14.5 Å². The average molecular weight is 254 g/mol. The Labute approximate surface area is 105 Å². The molecule has 98 valence electrons. The fourth-order valence-electron chi connectivity index (χ4n) is 2.34. The molecule has 1 aliphatic heterocycles. The van der Waals surface area contributed by atoms with Gasteiger partial charge in [-0.2, -0.15) is 0 Å². The van der Waals surface area contributed by atoms with Crippen molar-refractivity contribution < 1.29 is 13.6 Å². The molecule has 2 rings (SSSR count). The van der Waals surface area contributed by atoms with Crippen molar-refractivity contribution in [3.05, 3.63) is 29.3 Å². The lowest BCUT2D eigenvalue weighted by atomic mass is 10.1. The highest BCUT2D eigenvalue weighted by atomic mass is 19.1. The molecule has 1 heterocycles. The fourth-order valence-corrected chi connectivity index (χ4v) is 2.34. The summed E-state index contributed by atoms with van der Waals surface area (Å²) in [6.07, 6.45) is 1.87. The predicted molar refractivity (Wildman–Crippen MR) is 65.6 cm³/mol. The number of hydrogen-bond acceptors (Lipinski definition) is 2. The second-order valence-electron chi connectivity index (χ2n) is 4.55. The SMILES string of the molecule is CNc1c(F)cc(C(=O)N2CCCC2C)cc1F. The molecule has 1 aliphatic rings. The largest absolute Gasteiger partial charge is 0.383 e. The molecule has 0 aromatic heterocycles. The zero-order valence-electron chi connectivity index (χ0n) is 10.5. The molecule has 1 N–H and O–H groups in total. The molecule has 0 saturated carbocycles. The molecule has 1 amide bonds. The third-order valence-electron chi connectivity index (χ3n) is 3.35. The van der Waals surface area contributed by atoms with Crippen molar-refractivity contribution in [2.24, 2.45) is 0 Å². The third-order valence-corrected chi connectivity index (χ3v) is 3.35. The lowest BCUT2D eigenvalue weighted by molar-refractivity contribution is 0.0746. The van der Waals surface area contributed by atoms with Gasteiger partial charge in [0.25, 0.3) is 5.91 Å². The van der Waals surface area contributed by atoms with Gasteiger partial charge in [-0.15, -0.1) is 0 Å². The van der Waals surface area contributed by atoms with E-state index in [4.69, 9.17) is 0 Å². The summed E-state index contributed by atoms with van der Waals surface area (Å²) in [5, 5.41) is 2.43. The van der Waals surface area contributed by atoms with Crippen LogP contribution in [0.5, 0.6) is 0 Å². The van der Waals surface area contributed by atoms with E-state index >= 15 is 0 Å². The summed E-state index contributed by atoms with van der Waals surface area (Å²) >= 11 is 0. The molecule has 18 heavy (non-hydrogen) atoms. The van der Waals surface area contributed by atoms with Crippen LogP contribution in [0.25, 0.3) is 0 Å². The lowest BCUT2D eigenvalue weighted by Crippen LogP contribution is -2.33. The Kier molecular flexibility index (Phi) is 3.50. The van der Waals surface area contributed by atoms with E-state index in [2.05, 4.69) is 5.32 Å². The maximum Gasteiger partial charge on any atom is 0.254 e. The number of carbonyl (C=O) groups is 1. The molecule has 1 fully saturated rings. The van der Waals surface area contributed by atoms with Gasteiger partial charge in [-0.25, -0.2) is 8.78 Å². The maximum atomic E-state index is 13.6. The van der Waals surface area contributed by atoms with Crippen LogP contribution in [0.3, 0.4) is 0 Å². The zero-order chi connectivity index (χ0) is 13.3. The van der Waals surface area contributed by atoms with Gasteiger partial charge in [-0.3, -0.25) is 4.79 Å². The Hall–Kier alpha value is -1.65. The van der Waals surface area contributed by atoms with Crippen molar-refractivity contribution >= 4 is 11.6 Å². The Morgan fingerprint density at radius 3 is 2.44 bits per heavy atom. The summed E-state index contributed by atoms with van der Waals surface area (Å²) in [6.45, 7) is 2.59. The number of halogens is 2. The Balaban J connectivity index is 2.31. The highest BCUT2D eigenvalue weighted by Crippen LogP contribution is 2.24. The van der Waals surface area contributed by atoms with Crippen molar-refractivity contribution in [2.75, 3.05) is 18.9 Å². The van der Waals surface area contributed by atoms with E-state index in [1.165, 1.54) is 7.05 Å².